The molecule has 2 rings (SSSR count). The molecule has 1 heterocycles. The number of hydrogen-bond acceptors (Lipinski definition) is 5. The van der Waals surface area contributed by atoms with E-state index in [9.17, 15) is 33.8 Å². The van der Waals surface area contributed by atoms with Gasteiger partial charge in [0.1, 0.15) is 17.9 Å². The predicted octanol–water partition coefficient (Wildman–Crippen LogP) is 2.01. The highest BCUT2D eigenvalue weighted by Gasteiger charge is 2.43. The molecule has 4 N–H and O–H groups in total. The number of nitrogens with one attached hydrogen (secondary N) is 1. The van der Waals surface area contributed by atoms with E-state index in [4.69, 9.17) is 0 Å². The second kappa shape index (κ2) is 12.6. The van der Waals surface area contributed by atoms with Crippen LogP contribution in [0.2, 0.25) is 0 Å². The molecule has 1 aromatic heterocycles. The number of rotatable bonds is 12. The number of carbonyl (C=O) groups excluding carboxylic acids is 2. The molecule has 0 aliphatic heterocycles. The molecule has 2 unspecified atom stereocenters. The summed E-state index contributed by atoms with van der Waals surface area (Å²) in [6.07, 6.45) is 1.32. The van der Waals surface area contributed by atoms with E-state index in [1.54, 1.807) is 56.3 Å². The number of hydrogen-bond donors (Lipinski definition) is 4. The fourth-order valence-electron chi connectivity index (χ4n) is 3.58. The van der Waals surface area contributed by atoms with Crippen molar-refractivity contribution in [2.24, 2.45) is 5.92 Å². The lowest BCUT2D eigenvalue weighted by atomic mass is 9.99. The van der Waals surface area contributed by atoms with Gasteiger partial charge in [0.15, 0.2) is 0 Å². The summed E-state index contributed by atoms with van der Waals surface area (Å²) in [5.41, 5.74) is 0.652. The van der Waals surface area contributed by atoms with E-state index in [0.29, 0.717) is 10.2 Å². The Balaban J connectivity index is 2.61. The van der Waals surface area contributed by atoms with Crippen LogP contribution in [0, 0.1) is 5.92 Å². The van der Waals surface area contributed by atoms with Crippen molar-refractivity contribution < 1.29 is 33.8 Å². The quantitative estimate of drug-likeness (QED) is 0.249. The third-order valence-electron chi connectivity index (χ3n) is 5.17. The summed E-state index contributed by atoms with van der Waals surface area (Å²) in [4.78, 5) is 63.1. The van der Waals surface area contributed by atoms with Gasteiger partial charge in [-0.3, -0.25) is 14.5 Å². The highest BCUT2D eigenvalue weighted by atomic mass is 31.2. The largest absolute Gasteiger partial charge is 0.480 e. The zero-order valence-corrected chi connectivity index (χ0v) is 20.7. The van der Waals surface area contributed by atoms with Gasteiger partial charge in [0, 0.05) is 19.5 Å². The summed E-state index contributed by atoms with van der Waals surface area (Å²) >= 11 is 0. The minimum atomic E-state index is -5.05. The molecule has 0 saturated heterocycles. The first kappa shape index (κ1) is 28.1. The Morgan fingerprint density at radius 1 is 1.03 bits per heavy atom. The van der Waals surface area contributed by atoms with E-state index in [0.717, 1.165) is 4.90 Å². The Labute approximate surface area is 204 Å². The summed E-state index contributed by atoms with van der Waals surface area (Å²) in [6, 6.07) is 10.5. The molecule has 0 fully saturated rings. The highest BCUT2D eigenvalue weighted by Crippen LogP contribution is 2.43. The minimum absolute atomic E-state index is 0.00939. The first-order chi connectivity index (χ1) is 16.4. The van der Waals surface area contributed by atoms with E-state index in [1.165, 1.54) is 19.2 Å². The van der Waals surface area contributed by atoms with Gasteiger partial charge in [-0.2, -0.15) is 4.67 Å². The Hall–Kier alpha value is -3.11. The molecule has 35 heavy (non-hydrogen) atoms. The van der Waals surface area contributed by atoms with Crippen LogP contribution in [0.4, 0.5) is 5.82 Å². The fourth-order valence-corrected chi connectivity index (χ4v) is 4.39. The van der Waals surface area contributed by atoms with Crippen LogP contribution in [0.5, 0.6) is 0 Å². The van der Waals surface area contributed by atoms with Crippen molar-refractivity contribution in [1.82, 2.24) is 15.0 Å². The van der Waals surface area contributed by atoms with Crippen LogP contribution in [-0.2, 0) is 25.4 Å². The summed E-state index contributed by atoms with van der Waals surface area (Å²) in [5, 5.41) is 12.4. The van der Waals surface area contributed by atoms with Crippen molar-refractivity contribution in [3.63, 3.8) is 0 Å². The first-order valence-electron chi connectivity index (χ1n) is 11.0. The molecule has 11 nitrogen and oxygen atoms in total. The lowest BCUT2D eigenvalue weighted by Crippen LogP contribution is -2.56. The van der Waals surface area contributed by atoms with Crippen molar-refractivity contribution in [2.75, 3.05) is 11.6 Å². The Bertz CT molecular complexity index is 1050. The second-order valence-corrected chi connectivity index (χ2v) is 9.97. The van der Waals surface area contributed by atoms with Crippen LogP contribution in [0.3, 0.4) is 0 Å². The van der Waals surface area contributed by atoms with Crippen LogP contribution in [-0.4, -0.2) is 61.1 Å². The topological polar surface area (TPSA) is 160 Å². The molecule has 12 heteroatoms. The Kier molecular flexibility index (Phi) is 10.1. The minimum Gasteiger partial charge on any atom is -0.480 e. The van der Waals surface area contributed by atoms with E-state index in [-0.39, 0.29) is 24.6 Å². The smallest absolute Gasteiger partial charge is 0.405 e. The summed E-state index contributed by atoms with van der Waals surface area (Å²) < 4.78 is 13.0. The van der Waals surface area contributed by atoms with E-state index >= 15 is 0 Å². The number of anilines is 1. The van der Waals surface area contributed by atoms with E-state index < -0.39 is 44.3 Å². The van der Waals surface area contributed by atoms with E-state index in [2.05, 4.69) is 10.3 Å². The molecule has 0 spiro atoms. The molecule has 2 aromatic rings. The van der Waals surface area contributed by atoms with Gasteiger partial charge in [-0.15, -0.1) is 0 Å². The average molecular weight is 506 g/mol. The Morgan fingerprint density at radius 2 is 1.66 bits per heavy atom. The monoisotopic (exact) mass is 506 g/mol. The molecule has 0 aliphatic carbocycles. The number of carboxylic acid groups (broad SMARTS) is 1. The lowest BCUT2D eigenvalue weighted by molar-refractivity contribution is -0.140. The van der Waals surface area contributed by atoms with Crippen LogP contribution < -0.4 is 10.2 Å². The second-order valence-electron chi connectivity index (χ2n) is 8.43. The number of benzene rings is 1. The molecule has 2 amide bonds. The molecule has 190 valence electrons. The van der Waals surface area contributed by atoms with Crippen LogP contribution in [0.1, 0.15) is 32.8 Å². The maximum Gasteiger partial charge on any atom is 0.405 e. The molecule has 0 radical (unpaired) electrons. The van der Waals surface area contributed by atoms with Gasteiger partial charge >= 0.3 is 13.7 Å². The summed E-state index contributed by atoms with van der Waals surface area (Å²) in [5.74, 6) is -2.87. The molecule has 2 atom stereocenters. The highest BCUT2D eigenvalue weighted by molar-refractivity contribution is 7.49. The average Bonchev–Trinajstić information content (AvgIpc) is 2.78. The third kappa shape index (κ3) is 8.25. The van der Waals surface area contributed by atoms with Crippen molar-refractivity contribution in [3.05, 3.63) is 60.3 Å². The molecule has 0 bridgehead atoms. The maximum atomic E-state index is 14.0. The summed E-state index contributed by atoms with van der Waals surface area (Å²) in [6.45, 7) is 4.10. The number of aliphatic carboxylic acids is 1. The summed E-state index contributed by atoms with van der Waals surface area (Å²) in [7, 11) is -5.05. The van der Waals surface area contributed by atoms with Crippen molar-refractivity contribution >= 4 is 31.3 Å². The number of amides is 2. The van der Waals surface area contributed by atoms with Gasteiger partial charge in [0.05, 0.1) is 6.67 Å². The molecule has 1 aromatic carbocycles. The van der Waals surface area contributed by atoms with Gasteiger partial charge in [-0.25, -0.2) is 14.3 Å². The maximum absolute atomic E-state index is 14.0. The predicted molar refractivity (Wildman–Crippen MR) is 129 cm³/mol. The Morgan fingerprint density at radius 3 is 2.14 bits per heavy atom. The van der Waals surface area contributed by atoms with Gasteiger partial charge in [0.2, 0.25) is 11.8 Å². The number of carbonyl (C=O) groups is 3. The standard InChI is InChI=1S/C23H31N4O7P/c1-16(2)13-19(26(35(32,33)34)15-25-17(3)28)22(29)27(21-11-7-8-12-24-21)20(23(30)31)14-18-9-5-4-6-10-18/h4-12,16,19-20H,13-15H2,1-3H3,(H,25,28)(H,30,31)(H2,32,33,34). The van der Waals surface area contributed by atoms with E-state index in [1.807, 2.05) is 0 Å². The fraction of sp³-hybridized carbons (Fsp3) is 0.391. The zero-order valence-electron chi connectivity index (χ0n) is 19.8. The molecule has 0 saturated carbocycles. The SMILES string of the molecule is CC(=O)NCN(C(CC(C)C)C(=O)N(c1ccccn1)C(Cc1ccccc1)C(=O)O)P(=O)(O)O. The zero-order chi connectivity index (χ0) is 26.2. The van der Waals surface area contributed by atoms with Gasteiger partial charge < -0.3 is 20.2 Å². The third-order valence-corrected chi connectivity index (χ3v) is 6.26. The van der Waals surface area contributed by atoms with Gasteiger partial charge in [-0.05, 0) is 30.0 Å². The van der Waals surface area contributed by atoms with Crippen molar-refractivity contribution in [3.8, 4) is 0 Å². The van der Waals surface area contributed by atoms with Gasteiger partial charge in [-0.1, -0.05) is 50.2 Å². The lowest BCUT2D eigenvalue weighted by Gasteiger charge is -2.37. The van der Waals surface area contributed by atoms with Crippen LogP contribution >= 0.6 is 7.75 Å². The molecule has 0 aliphatic rings. The number of pyridine rings is 1. The van der Waals surface area contributed by atoms with Crippen LogP contribution in [0.25, 0.3) is 0 Å². The van der Waals surface area contributed by atoms with Crippen LogP contribution in [0.15, 0.2) is 54.7 Å². The number of carboxylic acids is 1. The first-order valence-corrected chi connectivity index (χ1v) is 12.6. The molecular weight excluding hydrogens is 475 g/mol. The normalized spacial score (nSPS) is 13.3. The number of nitrogens with zero attached hydrogens (tertiary/aromatic N) is 3. The van der Waals surface area contributed by atoms with Gasteiger partial charge in [0.25, 0.3) is 0 Å². The van der Waals surface area contributed by atoms with Crippen molar-refractivity contribution in [2.45, 2.75) is 45.7 Å². The molecular formula is C23H31N4O7P. The number of aromatic nitrogens is 1. The van der Waals surface area contributed by atoms with Crippen molar-refractivity contribution in [1.29, 1.82) is 0 Å².